The zero-order valence-corrected chi connectivity index (χ0v) is 12.2. The molecule has 9 heteroatoms. The van der Waals surface area contributed by atoms with Gasteiger partial charge in [0.15, 0.2) is 11.4 Å². The van der Waals surface area contributed by atoms with Crippen LogP contribution in [0.3, 0.4) is 0 Å². The van der Waals surface area contributed by atoms with Gasteiger partial charge in [0.25, 0.3) is 0 Å². The third-order valence-electron chi connectivity index (χ3n) is 2.81. The van der Waals surface area contributed by atoms with Gasteiger partial charge in [0.2, 0.25) is 5.88 Å². The van der Waals surface area contributed by atoms with Crippen LogP contribution in [0.5, 0.6) is 11.6 Å². The first kappa shape index (κ1) is 13.7. The number of nitrogen functional groups attached to an aromatic ring is 1. The summed E-state index contributed by atoms with van der Waals surface area (Å²) in [5.74, 6) is 0.988. The van der Waals surface area contributed by atoms with Crippen molar-refractivity contribution in [3.05, 3.63) is 44.6 Å². The number of H-pyrrole nitrogens is 1. The quantitative estimate of drug-likeness (QED) is 0.705. The van der Waals surface area contributed by atoms with Crippen LogP contribution in [0.15, 0.2) is 23.0 Å². The molecular weight excluding hydrogens is 317 g/mol. The molecule has 0 fully saturated rings. The molecule has 1 aromatic carbocycles. The minimum Gasteiger partial charge on any atom is -0.437 e. The number of ether oxygens (including phenoxy) is 1. The molecule has 0 amide bonds. The number of rotatable bonds is 2. The SMILES string of the molecule is Cc1nc(Oc2cc(Cl)c(Cl)cc2N)cc2n[nH]c(=O)n12. The van der Waals surface area contributed by atoms with Gasteiger partial charge in [-0.15, -0.1) is 0 Å². The highest BCUT2D eigenvalue weighted by atomic mass is 35.5. The molecule has 0 spiro atoms. The standard InChI is InChI=1S/C12H9Cl2N5O2/c1-5-16-11(4-10-17-18-12(20)19(5)10)21-9-3-7(14)6(13)2-8(9)15/h2-4H,15H2,1H3,(H,18,20). The largest absolute Gasteiger partial charge is 0.437 e. The topological polar surface area (TPSA) is 98.3 Å². The van der Waals surface area contributed by atoms with E-state index >= 15 is 0 Å². The van der Waals surface area contributed by atoms with Gasteiger partial charge in [-0.25, -0.2) is 14.3 Å². The van der Waals surface area contributed by atoms with Crippen LogP contribution in [-0.2, 0) is 0 Å². The van der Waals surface area contributed by atoms with Crippen LogP contribution in [0.4, 0.5) is 5.69 Å². The maximum atomic E-state index is 11.5. The predicted molar refractivity (Wildman–Crippen MR) is 79.3 cm³/mol. The van der Waals surface area contributed by atoms with Crippen LogP contribution >= 0.6 is 23.2 Å². The van der Waals surface area contributed by atoms with E-state index in [0.29, 0.717) is 33.0 Å². The smallest absolute Gasteiger partial charge is 0.349 e. The van der Waals surface area contributed by atoms with E-state index in [2.05, 4.69) is 15.2 Å². The Morgan fingerprint density at radius 2 is 2.00 bits per heavy atom. The Labute approximate surface area is 128 Å². The van der Waals surface area contributed by atoms with Crippen molar-refractivity contribution in [2.75, 3.05) is 5.73 Å². The Hall–Kier alpha value is -2.25. The van der Waals surface area contributed by atoms with Gasteiger partial charge in [0.05, 0.1) is 15.7 Å². The second-order valence-corrected chi connectivity index (χ2v) is 5.08. The number of nitrogens with two attached hydrogens (primary N) is 1. The number of fused-ring (bicyclic) bond motifs is 1. The first-order chi connectivity index (χ1) is 9.95. The third-order valence-corrected chi connectivity index (χ3v) is 3.54. The van der Waals surface area contributed by atoms with Gasteiger partial charge in [-0.1, -0.05) is 23.2 Å². The van der Waals surface area contributed by atoms with Crippen LogP contribution in [0, 0.1) is 6.92 Å². The molecule has 108 valence electrons. The maximum Gasteiger partial charge on any atom is 0.349 e. The number of nitrogens with one attached hydrogen (secondary N) is 1. The Balaban J connectivity index is 2.06. The summed E-state index contributed by atoms with van der Waals surface area (Å²) >= 11 is 11.8. The average molecular weight is 326 g/mol. The second kappa shape index (κ2) is 4.94. The van der Waals surface area contributed by atoms with Gasteiger partial charge in [0.1, 0.15) is 5.82 Å². The molecular formula is C12H9Cl2N5O2. The number of aromatic nitrogens is 4. The van der Waals surface area contributed by atoms with Crippen LogP contribution < -0.4 is 16.2 Å². The van der Waals surface area contributed by atoms with E-state index in [0.717, 1.165) is 0 Å². The van der Waals surface area contributed by atoms with Gasteiger partial charge in [-0.05, 0) is 13.0 Å². The summed E-state index contributed by atoms with van der Waals surface area (Å²) in [6.07, 6.45) is 0. The Kier molecular flexibility index (Phi) is 3.23. The van der Waals surface area contributed by atoms with Crippen molar-refractivity contribution in [1.82, 2.24) is 19.6 Å². The predicted octanol–water partition coefficient (Wildman–Crippen LogP) is 2.41. The van der Waals surface area contributed by atoms with Gasteiger partial charge >= 0.3 is 5.69 Å². The van der Waals surface area contributed by atoms with E-state index in [4.69, 9.17) is 33.7 Å². The Bertz CT molecular complexity index is 903. The molecule has 0 radical (unpaired) electrons. The number of aryl methyl sites for hydroxylation is 1. The summed E-state index contributed by atoms with van der Waals surface area (Å²) in [6, 6.07) is 4.49. The number of benzene rings is 1. The summed E-state index contributed by atoms with van der Waals surface area (Å²) in [6.45, 7) is 1.66. The molecule has 2 aromatic heterocycles. The highest BCUT2D eigenvalue weighted by Gasteiger charge is 2.11. The van der Waals surface area contributed by atoms with Crippen molar-refractivity contribution in [3.63, 3.8) is 0 Å². The molecule has 21 heavy (non-hydrogen) atoms. The van der Waals surface area contributed by atoms with Crippen molar-refractivity contribution in [1.29, 1.82) is 0 Å². The Morgan fingerprint density at radius 1 is 1.29 bits per heavy atom. The molecule has 0 saturated heterocycles. The minimum atomic E-state index is -0.365. The second-order valence-electron chi connectivity index (χ2n) is 4.27. The van der Waals surface area contributed by atoms with Crippen molar-refractivity contribution < 1.29 is 4.74 Å². The lowest BCUT2D eigenvalue weighted by atomic mass is 10.3. The molecule has 7 nitrogen and oxygen atoms in total. The van der Waals surface area contributed by atoms with E-state index in [-0.39, 0.29) is 11.6 Å². The lowest BCUT2D eigenvalue weighted by Gasteiger charge is -2.09. The van der Waals surface area contributed by atoms with Crippen molar-refractivity contribution in [2.24, 2.45) is 0 Å². The van der Waals surface area contributed by atoms with Crippen molar-refractivity contribution in [3.8, 4) is 11.6 Å². The number of halogens is 2. The molecule has 0 aliphatic carbocycles. The molecule has 3 rings (SSSR count). The molecule has 0 unspecified atom stereocenters. The lowest BCUT2D eigenvalue weighted by Crippen LogP contribution is -2.13. The molecule has 0 atom stereocenters. The van der Waals surface area contributed by atoms with E-state index in [9.17, 15) is 4.79 Å². The molecule has 3 N–H and O–H groups in total. The number of nitrogens with zero attached hydrogens (tertiary/aromatic N) is 3. The molecule has 2 heterocycles. The number of anilines is 1. The monoisotopic (exact) mass is 325 g/mol. The third kappa shape index (κ3) is 2.41. The normalized spacial score (nSPS) is 11.0. The van der Waals surface area contributed by atoms with Gasteiger partial charge in [-0.3, -0.25) is 0 Å². The van der Waals surface area contributed by atoms with Crippen LogP contribution in [0.1, 0.15) is 5.82 Å². The highest BCUT2D eigenvalue weighted by molar-refractivity contribution is 6.42. The number of hydrogen-bond donors (Lipinski definition) is 2. The van der Waals surface area contributed by atoms with Gasteiger partial charge in [-0.2, -0.15) is 10.1 Å². The van der Waals surface area contributed by atoms with Crippen LogP contribution in [-0.4, -0.2) is 19.6 Å². The zero-order chi connectivity index (χ0) is 15.1. The van der Waals surface area contributed by atoms with E-state index in [1.807, 2.05) is 0 Å². The molecule has 0 aliphatic rings. The average Bonchev–Trinajstić information content (AvgIpc) is 2.78. The van der Waals surface area contributed by atoms with Crippen LogP contribution in [0.2, 0.25) is 10.0 Å². The molecule has 3 aromatic rings. The summed E-state index contributed by atoms with van der Waals surface area (Å²) in [4.78, 5) is 15.7. The van der Waals surface area contributed by atoms with E-state index in [1.54, 1.807) is 6.92 Å². The highest BCUT2D eigenvalue weighted by Crippen LogP contribution is 2.34. The minimum absolute atomic E-state index is 0.240. The number of hydrogen-bond acceptors (Lipinski definition) is 5. The van der Waals surface area contributed by atoms with Gasteiger partial charge in [0, 0.05) is 12.1 Å². The Morgan fingerprint density at radius 3 is 2.76 bits per heavy atom. The van der Waals surface area contributed by atoms with Gasteiger partial charge < -0.3 is 10.5 Å². The summed E-state index contributed by atoms with van der Waals surface area (Å²) in [5, 5.41) is 6.85. The van der Waals surface area contributed by atoms with Crippen molar-refractivity contribution in [2.45, 2.75) is 6.92 Å². The molecule has 0 saturated carbocycles. The van der Waals surface area contributed by atoms with E-state index < -0.39 is 0 Å². The fraction of sp³-hybridized carbons (Fsp3) is 0.0833. The first-order valence-electron chi connectivity index (χ1n) is 5.83. The maximum absolute atomic E-state index is 11.5. The van der Waals surface area contributed by atoms with E-state index in [1.165, 1.54) is 22.6 Å². The number of aromatic amines is 1. The zero-order valence-electron chi connectivity index (χ0n) is 10.7. The molecule has 0 aliphatic heterocycles. The summed E-state index contributed by atoms with van der Waals surface area (Å²) < 4.78 is 6.92. The van der Waals surface area contributed by atoms with Crippen LogP contribution in [0.25, 0.3) is 5.65 Å². The van der Waals surface area contributed by atoms with Crippen molar-refractivity contribution >= 4 is 34.5 Å². The summed E-state index contributed by atoms with van der Waals surface area (Å²) in [7, 11) is 0. The molecule has 0 bridgehead atoms. The fourth-order valence-corrected chi connectivity index (χ4v) is 2.19. The lowest BCUT2D eigenvalue weighted by molar-refractivity contribution is 0.462. The summed E-state index contributed by atoms with van der Waals surface area (Å²) in [5.41, 5.74) is 6.17. The first-order valence-corrected chi connectivity index (χ1v) is 6.58. The fourth-order valence-electron chi connectivity index (χ4n) is 1.87.